The van der Waals surface area contributed by atoms with E-state index in [9.17, 15) is 9.18 Å². The number of nitrogens with zero attached hydrogens (tertiary/aromatic N) is 2. The van der Waals surface area contributed by atoms with E-state index in [1.54, 1.807) is 0 Å². The molecule has 0 spiro atoms. The molecule has 2 aromatic rings. The first-order valence-electron chi connectivity index (χ1n) is 4.69. The number of amides is 1. The van der Waals surface area contributed by atoms with Crippen LogP contribution in [0.4, 0.5) is 10.2 Å². The average molecular weight is 252 g/mol. The summed E-state index contributed by atoms with van der Waals surface area (Å²) < 4.78 is 12.9. The van der Waals surface area contributed by atoms with Gasteiger partial charge in [-0.15, -0.1) is 0 Å². The summed E-state index contributed by atoms with van der Waals surface area (Å²) in [6.07, 6.45) is 2.63. The summed E-state index contributed by atoms with van der Waals surface area (Å²) >= 11 is 5.55. The Kier molecular flexibility index (Phi) is 3.30. The Morgan fingerprint density at radius 3 is 2.76 bits per heavy atom. The van der Waals surface area contributed by atoms with Gasteiger partial charge in [0, 0.05) is 5.56 Å². The van der Waals surface area contributed by atoms with Gasteiger partial charge in [0.1, 0.15) is 11.0 Å². The number of rotatable bonds is 2. The molecule has 0 aliphatic heterocycles. The summed E-state index contributed by atoms with van der Waals surface area (Å²) in [7, 11) is 0. The molecule has 0 aliphatic carbocycles. The number of halogens is 2. The van der Waals surface area contributed by atoms with Crippen molar-refractivity contribution >= 4 is 23.3 Å². The van der Waals surface area contributed by atoms with E-state index in [4.69, 9.17) is 11.6 Å². The van der Waals surface area contributed by atoms with Gasteiger partial charge in [0.15, 0.2) is 5.82 Å². The Morgan fingerprint density at radius 1 is 1.29 bits per heavy atom. The highest BCUT2D eigenvalue weighted by Gasteiger charge is 2.07. The van der Waals surface area contributed by atoms with E-state index >= 15 is 0 Å². The molecule has 17 heavy (non-hydrogen) atoms. The standard InChI is InChI=1S/C11H7ClFN3O/c12-9-5-15-10(6-14-9)16-11(17)7-2-1-3-8(13)4-7/h1-6H,(H,15,16,17). The monoisotopic (exact) mass is 251 g/mol. The first-order valence-corrected chi connectivity index (χ1v) is 5.07. The van der Waals surface area contributed by atoms with Gasteiger partial charge >= 0.3 is 0 Å². The van der Waals surface area contributed by atoms with Crippen molar-refractivity contribution in [2.24, 2.45) is 0 Å². The number of aromatic nitrogens is 2. The minimum Gasteiger partial charge on any atom is -0.305 e. The second-order valence-electron chi connectivity index (χ2n) is 3.19. The molecule has 4 nitrogen and oxygen atoms in total. The summed E-state index contributed by atoms with van der Waals surface area (Å²) in [5.74, 6) is -0.676. The van der Waals surface area contributed by atoms with E-state index in [0.29, 0.717) is 0 Å². The molecule has 0 unspecified atom stereocenters. The maximum Gasteiger partial charge on any atom is 0.256 e. The Bertz CT molecular complexity index is 545. The maximum atomic E-state index is 12.9. The third kappa shape index (κ3) is 2.98. The van der Waals surface area contributed by atoms with Gasteiger partial charge in [-0.2, -0.15) is 0 Å². The molecule has 1 amide bonds. The number of hydrogen-bond acceptors (Lipinski definition) is 3. The highest BCUT2D eigenvalue weighted by atomic mass is 35.5. The normalized spacial score (nSPS) is 10.0. The van der Waals surface area contributed by atoms with E-state index in [2.05, 4.69) is 15.3 Å². The lowest BCUT2D eigenvalue weighted by Crippen LogP contribution is -2.13. The molecule has 0 aliphatic rings. The van der Waals surface area contributed by atoms with Crippen LogP contribution < -0.4 is 5.32 Å². The van der Waals surface area contributed by atoms with Crippen molar-refractivity contribution < 1.29 is 9.18 Å². The molecule has 0 saturated carbocycles. The van der Waals surface area contributed by atoms with Gasteiger partial charge in [-0.05, 0) is 18.2 Å². The summed E-state index contributed by atoms with van der Waals surface area (Å²) in [5.41, 5.74) is 0.210. The smallest absolute Gasteiger partial charge is 0.256 e. The van der Waals surface area contributed by atoms with Crippen molar-refractivity contribution in [3.8, 4) is 0 Å². The Labute approximate surface area is 101 Å². The van der Waals surface area contributed by atoms with Crippen LogP contribution >= 0.6 is 11.6 Å². The molecule has 6 heteroatoms. The van der Waals surface area contributed by atoms with Crippen molar-refractivity contribution in [1.29, 1.82) is 0 Å². The first kappa shape index (κ1) is 11.5. The van der Waals surface area contributed by atoms with Crippen LogP contribution in [0.3, 0.4) is 0 Å². The van der Waals surface area contributed by atoms with Crippen LogP contribution in [0, 0.1) is 5.82 Å². The zero-order valence-electron chi connectivity index (χ0n) is 8.52. The van der Waals surface area contributed by atoms with Gasteiger partial charge in [0.2, 0.25) is 0 Å². The molecule has 86 valence electrons. The summed E-state index contributed by atoms with van der Waals surface area (Å²) in [5, 5.41) is 2.71. The predicted molar refractivity (Wildman–Crippen MR) is 61.4 cm³/mol. The largest absolute Gasteiger partial charge is 0.305 e. The molecule has 2 rings (SSSR count). The average Bonchev–Trinajstić information content (AvgIpc) is 2.32. The molecule has 0 fully saturated rings. The van der Waals surface area contributed by atoms with Crippen LogP contribution in [0.2, 0.25) is 5.15 Å². The Balaban J connectivity index is 2.14. The second kappa shape index (κ2) is 4.88. The SMILES string of the molecule is O=C(Nc1cnc(Cl)cn1)c1cccc(F)c1. The number of carbonyl (C=O) groups excluding carboxylic acids is 1. The van der Waals surface area contributed by atoms with Gasteiger partial charge < -0.3 is 5.32 Å². The fraction of sp³-hybridized carbons (Fsp3) is 0. The van der Waals surface area contributed by atoms with Gasteiger partial charge in [0.05, 0.1) is 12.4 Å². The molecule has 1 N–H and O–H groups in total. The molecule has 1 heterocycles. The quantitative estimate of drug-likeness (QED) is 0.892. The van der Waals surface area contributed by atoms with Crippen molar-refractivity contribution in [2.45, 2.75) is 0 Å². The van der Waals surface area contributed by atoms with Gasteiger partial charge in [-0.1, -0.05) is 17.7 Å². The van der Waals surface area contributed by atoms with Crippen molar-refractivity contribution in [3.63, 3.8) is 0 Å². The zero-order chi connectivity index (χ0) is 12.3. The lowest BCUT2D eigenvalue weighted by atomic mass is 10.2. The number of nitrogens with one attached hydrogen (secondary N) is 1. The predicted octanol–water partition coefficient (Wildman–Crippen LogP) is 2.52. The topological polar surface area (TPSA) is 54.9 Å². The molecular weight excluding hydrogens is 245 g/mol. The molecule has 1 aromatic carbocycles. The fourth-order valence-electron chi connectivity index (χ4n) is 1.20. The molecule has 0 atom stereocenters. The third-order valence-electron chi connectivity index (χ3n) is 1.95. The lowest BCUT2D eigenvalue weighted by molar-refractivity contribution is 0.102. The molecular formula is C11H7ClFN3O. The van der Waals surface area contributed by atoms with Crippen molar-refractivity contribution in [3.05, 3.63) is 53.2 Å². The summed E-state index contributed by atoms with van der Waals surface area (Å²) in [4.78, 5) is 19.3. The molecule has 0 radical (unpaired) electrons. The minimum atomic E-state index is -0.472. The highest BCUT2D eigenvalue weighted by Crippen LogP contribution is 2.09. The van der Waals surface area contributed by atoms with Gasteiger partial charge in [0.25, 0.3) is 5.91 Å². The first-order chi connectivity index (χ1) is 8.15. The van der Waals surface area contributed by atoms with E-state index in [-0.39, 0.29) is 16.5 Å². The summed E-state index contributed by atoms with van der Waals surface area (Å²) in [6.45, 7) is 0. The van der Waals surface area contributed by atoms with E-state index in [0.717, 1.165) is 6.07 Å². The number of anilines is 1. The molecule has 0 saturated heterocycles. The Hall–Kier alpha value is -2.01. The van der Waals surface area contributed by atoms with Crippen molar-refractivity contribution in [2.75, 3.05) is 5.32 Å². The molecule has 1 aromatic heterocycles. The van der Waals surface area contributed by atoms with Gasteiger partial charge in [-0.3, -0.25) is 4.79 Å². The third-order valence-corrected chi connectivity index (χ3v) is 2.14. The van der Waals surface area contributed by atoms with Crippen LogP contribution in [0.5, 0.6) is 0 Å². The summed E-state index contributed by atoms with van der Waals surface area (Å²) in [6, 6.07) is 5.36. The van der Waals surface area contributed by atoms with E-state index in [1.807, 2.05) is 0 Å². The number of hydrogen-bond donors (Lipinski definition) is 1. The maximum absolute atomic E-state index is 12.9. The lowest BCUT2D eigenvalue weighted by Gasteiger charge is -2.03. The van der Waals surface area contributed by atoms with Crippen LogP contribution in [0.1, 0.15) is 10.4 Å². The minimum absolute atomic E-state index is 0.210. The fourth-order valence-corrected chi connectivity index (χ4v) is 1.29. The highest BCUT2D eigenvalue weighted by molar-refractivity contribution is 6.29. The van der Waals surface area contributed by atoms with E-state index in [1.165, 1.54) is 30.6 Å². The van der Waals surface area contributed by atoms with E-state index < -0.39 is 11.7 Å². The number of benzene rings is 1. The van der Waals surface area contributed by atoms with Crippen LogP contribution in [-0.4, -0.2) is 15.9 Å². The van der Waals surface area contributed by atoms with Crippen LogP contribution in [0.25, 0.3) is 0 Å². The second-order valence-corrected chi connectivity index (χ2v) is 3.58. The number of carbonyl (C=O) groups is 1. The molecule has 0 bridgehead atoms. The zero-order valence-corrected chi connectivity index (χ0v) is 9.28. The Morgan fingerprint density at radius 2 is 2.12 bits per heavy atom. The van der Waals surface area contributed by atoms with Crippen LogP contribution in [-0.2, 0) is 0 Å². The van der Waals surface area contributed by atoms with Crippen LogP contribution in [0.15, 0.2) is 36.7 Å². The van der Waals surface area contributed by atoms with Gasteiger partial charge in [-0.25, -0.2) is 14.4 Å². The van der Waals surface area contributed by atoms with Crippen molar-refractivity contribution in [1.82, 2.24) is 9.97 Å².